The topological polar surface area (TPSA) is 61.8 Å². The SMILES string of the molecule is Cc1ccc(NC(=O)CN2C(=O)CC(c3ccc(Br)s3)=Nc3ccccc32)cc1. The molecule has 5 nitrogen and oxygen atoms in total. The number of carbonyl (C=O) groups excluding carboxylic acids is 2. The van der Waals surface area contributed by atoms with Crippen LogP contribution in [0.2, 0.25) is 0 Å². The van der Waals surface area contributed by atoms with Crippen LogP contribution in [0.15, 0.2) is 69.4 Å². The fourth-order valence-corrected chi connectivity index (χ4v) is 4.48. The predicted octanol–water partition coefficient (Wildman–Crippen LogP) is 5.32. The van der Waals surface area contributed by atoms with E-state index in [-0.39, 0.29) is 24.8 Å². The average Bonchev–Trinajstić information content (AvgIpc) is 3.08. The van der Waals surface area contributed by atoms with Crippen molar-refractivity contribution in [2.45, 2.75) is 13.3 Å². The van der Waals surface area contributed by atoms with Gasteiger partial charge in [0.05, 0.1) is 32.2 Å². The summed E-state index contributed by atoms with van der Waals surface area (Å²) in [5.74, 6) is -0.406. The molecule has 0 spiro atoms. The Labute approximate surface area is 181 Å². The van der Waals surface area contributed by atoms with Crippen LogP contribution in [0.25, 0.3) is 0 Å². The standard InChI is InChI=1S/C22H18BrN3O2S/c1-14-6-8-15(9-7-14)24-21(27)13-26-18-5-3-2-4-16(18)25-17(12-22(26)28)19-10-11-20(23)29-19/h2-11H,12-13H2,1H3,(H,24,27). The van der Waals surface area contributed by atoms with Crippen LogP contribution in [-0.4, -0.2) is 24.1 Å². The molecule has 29 heavy (non-hydrogen) atoms. The Bertz CT molecular complexity index is 1110. The predicted molar refractivity (Wildman–Crippen MR) is 121 cm³/mol. The molecule has 0 radical (unpaired) electrons. The summed E-state index contributed by atoms with van der Waals surface area (Å²) in [5.41, 5.74) is 3.85. The summed E-state index contributed by atoms with van der Waals surface area (Å²) < 4.78 is 0.981. The number of rotatable bonds is 4. The van der Waals surface area contributed by atoms with Crippen molar-refractivity contribution in [1.29, 1.82) is 0 Å². The smallest absolute Gasteiger partial charge is 0.244 e. The normalized spacial score (nSPS) is 13.5. The molecule has 0 atom stereocenters. The number of hydrogen-bond donors (Lipinski definition) is 1. The number of carbonyl (C=O) groups is 2. The van der Waals surface area contributed by atoms with Crippen LogP contribution in [0.1, 0.15) is 16.9 Å². The molecule has 2 aromatic carbocycles. The molecule has 2 heterocycles. The first kappa shape index (κ1) is 19.5. The van der Waals surface area contributed by atoms with Crippen molar-refractivity contribution >= 4 is 61.9 Å². The van der Waals surface area contributed by atoms with Gasteiger partial charge >= 0.3 is 0 Å². The summed E-state index contributed by atoms with van der Waals surface area (Å²) in [6.45, 7) is 1.92. The third kappa shape index (κ3) is 4.46. The second kappa shape index (κ2) is 8.31. The molecule has 146 valence electrons. The summed E-state index contributed by atoms with van der Waals surface area (Å²) >= 11 is 5.00. The Balaban J connectivity index is 1.59. The van der Waals surface area contributed by atoms with E-state index in [1.807, 2.05) is 67.6 Å². The number of aliphatic imine (C=N–C) groups is 1. The Kier molecular flexibility index (Phi) is 5.60. The minimum atomic E-state index is -0.251. The van der Waals surface area contributed by atoms with Crippen molar-refractivity contribution in [3.05, 3.63) is 74.9 Å². The lowest BCUT2D eigenvalue weighted by Crippen LogP contribution is -2.38. The van der Waals surface area contributed by atoms with Crippen LogP contribution in [0.4, 0.5) is 17.1 Å². The molecule has 3 aromatic rings. The van der Waals surface area contributed by atoms with Gasteiger partial charge in [0.1, 0.15) is 6.54 Å². The third-order valence-corrected chi connectivity index (χ3v) is 6.21. The van der Waals surface area contributed by atoms with Gasteiger partial charge in [0.15, 0.2) is 0 Å². The highest BCUT2D eigenvalue weighted by atomic mass is 79.9. The van der Waals surface area contributed by atoms with Gasteiger partial charge < -0.3 is 10.2 Å². The highest BCUT2D eigenvalue weighted by molar-refractivity contribution is 9.11. The zero-order valence-electron chi connectivity index (χ0n) is 15.7. The van der Waals surface area contributed by atoms with Crippen molar-refractivity contribution in [2.75, 3.05) is 16.8 Å². The number of nitrogens with one attached hydrogen (secondary N) is 1. The molecule has 1 aliphatic heterocycles. The van der Waals surface area contributed by atoms with Crippen LogP contribution >= 0.6 is 27.3 Å². The number of para-hydroxylation sites is 2. The van der Waals surface area contributed by atoms with Crippen molar-refractivity contribution in [1.82, 2.24) is 0 Å². The molecule has 2 amide bonds. The first-order valence-electron chi connectivity index (χ1n) is 9.09. The zero-order valence-corrected chi connectivity index (χ0v) is 18.1. The Morgan fingerprint density at radius 3 is 2.62 bits per heavy atom. The van der Waals surface area contributed by atoms with E-state index in [4.69, 9.17) is 4.99 Å². The summed E-state index contributed by atoms with van der Waals surface area (Å²) in [6.07, 6.45) is 0.138. The molecule has 0 aliphatic carbocycles. The first-order chi connectivity index (χ1) is 14.0. The van der Waals surface area contributed by atoms with E-state index >= 15 is 0 Å². The molecule has 7 heteroatoms. The van der Waals surface area contributed by atoms with Gasteiger partial charge in [-0.2, -0.15) is 0 Å². The molecule has 4 rings (SSSR count). The molecule has 0 saturated heterocycles. The first-order valence-corrected chi connectivity index (χ1v) is 10.7. The maximum Gasteiger partial charge on any atom is 0.244 e. The molecular formula is C22H18BrN3O2S. The number of fused-ring (bicyclic) bond motifs is 1. The largest absolute Gasteiger partial charge is 0.325 e. The lowest BCUT2D eigenvalue weighted by Gasteiger charge is -2.21. The molecule has 1 aliphatic rings. The van der Waals surface area contributed by atoms with Crippen LogP contribution in [0.3, 0.4) is 0 Å². The van der Waals surface area contributed by atoms with Gasteiger partial charge in [0, 0.05) is 5.69 Å². The second-order valence-corrected chi connectivity index (χ2v) is 9.18. The van der Waals surface area contributed by atoms with Crippen molar-refractivity contribution in [3.63, 3.8) is 0 Å². The lowest BCUT2D eigenvalue weighted by atomic mass is 10.2. The van der Waals surface area contributed by atoms with Crippen LogP contribution in [0, 0.1) is 6.92 Å². The Hall–Kier alpha value is -2.77. The molecular weight excluding hydrogens is 450 g/mol. The molecule has 0 saturated carbocycles. The van der Waals surface area contributed by atoms with E-state index < -0.39 is 0 Å². The second-order valence-electron chi connectivity index (χ2n) is 6.72. The van der Waals surface area contributed by atoms with E-state index in [1.165, 1.54) is 16.2 Å². The van der Waals surface area contributed by atoms with Gasteiger partial charge in [0.25, 0.3) is 0 Å². The summed E-state index contributed by atoms with van der Waals surface area (Å²) in [4.78, 5) is 32.9. The summed E-state index contributed by atoms with van der Waals surface area (Å²) in [6, 6.07) is 18.9. The highest BCUT2D eigenvalue weighted by Crippen LogP contribution is 2.34. The Morgan fingerprint density at radius 2 is 1.90 bits per heavy atom. The quantitative estimate of drug-likeness (QED) is 0.564. The number of benzene rings is 2. The molecule has 0 fully saturated rings. The number of aryl methyl sites for hydroxylation is 1. The number of thiophene rings is 1. The van der Waals surface area contributed by atoms with E-state index in [0.29, 0.717) is 22.8 Å². The van der Waals surface area contributed by atoms with Gasteiger partial charge in [-0.3, -0.25) is 9.59 Å². The van der Waals surface area contributed by atoms with Crippen molar-refractivity contribution in [2.24, 2.45) is 4.99 Å². The minimum absolute atomic E-state index is 0.0688. The van der Waals surface area contributed by atoms with Gasteiger partial charge in [-0.05, 0) is 59.3 Å². The number of anilines is 2. The van der Waals surface area contributed by atoms with E-state index in [2.05, 4.69) is 21.2 Å². The molecule has 0 unspecified atom stereocenters. The van der Waals surface area contributed by atoms with Gasteiger partial charge in [-0.1, -0.05) is 29.8 Å². The maximum atomic E-state index is 13.1. The number of nitrogens with zero attached hydrogens (tertiary/aromatic N) is 2. The van der Waals surface area contributed by atoms with Crippen molar-refractivity contribution in [3.8, 4) is 0 Å². The van der Waals surface area contributed by atoms with Crippen LogP contribution in [-0.2, 0) is 9.59 Å². The maximum absolute atomic E-state index is 13.1. The molecule has 1 N–H and O–H groups in total. The summed E-state index contributed by atoms with van der Waals surface area (Å²) in [5, 5.41) is 2.86. The number of halogens is 1. The van der Waals surface area contributed by atoms with E-state index in [0.717, 1.165) is 14.2 Å². The van der Waals surface area contributed by atoms with Gasteiger partial charge in [0.2, 0.25) is 11.8 Å². The van der Waals surface area contributed by atoms with Gasteiger partial charge in [-0.25, -0.2) is 4.99 Å². The van der Waals surface area contributed by atoms with E-state index in [1.54, 1.807) is 0 Å². The number of amides is 2. The van der Waals surface area contributed by atoms with Crippen LogP contribution < -0.4 is 10.2 Å². The summed E-state index contributed by atoms with van der Waals surface area (Å²) in [7, 11) is 0. The Morgan fingerprint density at radius 1 is 1.14 bits per heavy atom. The molecule has 0 bridgehead atoms. The van der Waals surface area contributed by atoms with Gasteiger partial charge in [-0.15, -0.1) is 11.3 Å². The zero-order chi connectivity index (χ0) is 20.4. The molecule has 1 aromatic heterocycles. The third-order valence-electron chi connectivity index (χ3n) is 4.54. The van der Waals surface area contributed by atoms with Crippen molar-refractivity contribution < 1.29 is 9.59 Å². The fraction of sp³-hybridized carbons (Fsp3) is 0.136. The highest BCUT2D eigenvalue weighted by Gasteiger charge is 2.27. The number of hydrogen-bond acceptors (Lipinski definition) is 4. The van der Waals surface area contributed by atoms with Crippen LogP contribution in [0.5, 0.6) is 0 Å². The minimum Gasteiger partial charge on any atom is -0.325 e. The fourth-order valence-electron chi connectivity index (χ4n) is 3.11. The lowest BCUT2D eigenvalue weighted by molar-refractivity contribution is -0.120. The van der Waals surface area contributed by atoms with E-state index in [9.17, 15) is 9.59 Å². The average molecular weight is 468 g/mol. The monoisotopic (exact) mass is 467 g/mol.